The van der Waals surface area contributed by atoms with Crippen LogP contribution in [0.1, 0.15) is 83.3 Å². The standard InChI is InChI=1S/C54H52N6O9S2/c1-30(33-11-13-34(14-12-33)48-31(2)55-29-70-48)57-52(67)43-24-40(63)27-60(43)53(68)50(54(3,4)5)58-45(64)28-69-41-20-9-32(10-21-41)26-56-59-51(66)37-8-6-7-36(23-37)47(65)46-42-22-19-39(62)25-44(42)71-49(46)35-15-17-38(61)18-16-35/h6-23,25-26,29-30,40,43,50,61-63H,24,27-28H2,1-5H3,(H,57,67)(H,58,64)(H,59,66)/b56-26+/t30-,40+,43-,50+/m0/s1. The third kappa shape index (κ3) is 11.5. The molecule has 5 aromatic carbocycles. The Bertz CT molecular complexity index is 3140. The molecule has 0 bridgehead atoms. The number of nitrogens with one attached hydrogen (secondary N) is 3. The summed E-state index contributed by atoms with van der Waals surface area (Å²) in [4.78, 5) is 75.9. The number of hydrogen-bond acceptors (Lipinski definition) is 13. The quantitative estimate of drug-likeness (QED) is 0.0329. The van der Waals surface area contributed by atoms with Crippen LogP contribution in [0.2, 0.25) is 0 Å². The highest BCUT2D eigenvalue weighted by atomic mass is 32.1. The number of ether oxygens (including phenoxy) is 1. The molecule has 15 nitrogen and oxygen atoms in total. The van der Waals surface area contributed by atoms with Crippen molar-refractivity contribution in [2.24, 2.45) is 10.5 Å². The van der Waals surface area contributed by atoms with Gasteiger partial charge in [0.2, 0.25) is 11.8 Å². The van der Waals surface area contributed by atoms with Crippen LogP contribution in [0.3, 0.4) is 0 Å². The number of likely N-dealkylation sites (tertiary alicyclic amines) is 1. The number of aliphatic hydroxyl groups is 1. The number of fused-ring (bicyclic) bond motifs is 1. The van der Waals surface area contributed by atoms with E-state index in [1.807, 2.05) is 38.1 Å². The minimum atomic E-state index is -1.04. The summed E-state index contributed by atoms with van der Waals surface area (Å²) in [7, 11) is 0. The predicted molar refractivity (Wildman–Crippen MR) is 274 cm³/mol. The maximum atomic E-state index is 14.2. The second kappa shape index (κ2) is 21.1. The number of benzene rings is 5. The highest BCUT2D eigenvalue weighted by molar-refractivity contribution is 7.22. The predicted octanol–water partition coefficient (Wildman–Crippen LogP) is 8.16. The van der Waals surface area contributed by atoms with E-state index in [2.05, 4.69) is 26.1 Å². The molecule has 2 aromatic heterocycles. The summed E-state index contributed by atoms with van der Waals surface area (Å²) in [5, 5.41) is 41.2. The van der Waals surface area contributed by atoms with Crippen LogP contribution in [0.15, 0.2) is 126 Å². The van der Waals surface area contributed by atoms with Crippen molar-refractivity contribution < 1.29 is 44.0 Å². The van der Waals surface area contributed by atoms with Gasteiger partial charge in [0.15, 0.2) is 12.4 Å². The number of carbonyl (C=O) groups is 5. The molecule has 0 unspecified atom stereocenters. The van der Waals surface area contributed by atoms with E-state index in [1.54, 1.807) is 104 Å². The molecule has 364 valence electrons. The molecule has 0 radical (unpaired) electrons. The Morgan fingerprint density at radius 1 is 0.859 bits per heavy atom. The first kappa shape index (κ1) is 49.7. The van der Waals surface area contributed by atoms with E-state index in [1.165, 1.54) is 46.7 Å². The van der Waals surface area contributed by atoms with Crippen molar-refractivity contribution in [2.75, 3.05) is 13.2 Å². The third-order valence-corrected chi connectivity index (χ3v) is 14.3. The number of β-amino-alcohol motifs (C(OH)–C–C–N with tert-alkyl or cyclic N) is 1. The summed E-state index contributed by atoms with van der Waals surface area (Å²) < 4.78 is 6.46. The monoisotopic (exact) mass is 992 g/mol. The molecule has 1 aliphatic heterocycles. The molecule has 0 spiro atoms. The van der Waals surface area contributed by atoms with Crippen LogP contribution in [0.25, 0.3) is 31.0 Å². The molecule has 4 atom stereocenters. The van der Waals surface area contributed by atoms with Crippen LogP contribution >= 0.6 is 22.7 Å². The molecule has 1 saturated heterocycles. The summed E-state index contributed by atoms with van der Waals surface area (Å²) in [6.45, 7) is 8.74. The summed E-state index contributed by atoms with van der Waals surface area (Å²) in [5.41, 5.74) is 8.56. The van der Waals surface area contributed by atoms with Crippen LogP contribution in [0, 0.1) is 12.3 Å². The first-order valence-electron chi connectivity index (χ1n) is 22.8. The Kier molecular flexibility index (Phi) is 14.8. The molecule has 1 aliphatic rings. The second-order valence-electron chi connectivity index (χ2n) is 18.4. The van der Waals surface area contributed by atoms with Gasteiger partial charge in [0.1, 0.15) is 29.3 Å². The zero-order chi connectivity index (χ0) is 50.6. The molecule has 0 saturated carbocycles. The number of rotatable bonds is 15. The largest absolute Gasteiger partial charge is 0.508 e. The van der Waals surface area contributed by atoms with Crippen LogP contribution < -0.4 is 20.8 Å². The number of phenols is 2. The summed E-state index contributed by atoms with van der Waals surface area (Å²) in [5.74, 6) is -1.84. The zero-order valence-corrected chi connectivity index (χ0v) is 41.1. The number of thiazole rings is 1. The molecule has 4 amide bonds. The number of amides is 4. The zero-order valence-electron chi connectivity index (χ0n) is 39.5. The molecule has 8 rings (SSSR count). The molecular formula is C54H52N6O9S2. The van der Waals surface area contributed by atoms with Crippen LogP contribution in [-0.2, 0) is 14.4 Å². The lowest BCUT2D eigenvalue weighted by Crippen LogP contribution is -2.58. The second-order valence-corrected chi connectivity index (χ2v) is 20.3. The molecule has 71 heavy (non-hydrogen) atoms. The molecule has 17 heteroatoms. The van der Waals surface area contributed by atoms with Crippen LogP contribution in [0.4, 0.5) is 0 Å². The maximum Gasteiger partial charge on any atom is 0.271 e. The maximum absolute atomic E-state index is 14.2. The molecule has 6 N–H and O–H groups in total. The first-order chi connectivity index (χ1) is 33.9. The van der Waals surface area contributed by atoms with Crippen molar-refractivity contribution in [3.8, 4) is 38.1 Å². The van der Waals surface area contributed by atoms with Crippen molar-refractivity contribution >= 4 is 68.4 Å². The number of aliphatic hydroxyl groups excluding tert-OH is 1. The Labute approximate surface area is 417 Å². The lowest BCUT2D eigenvalue weighted by molar-refractivity contribution is -0.144. The van der Waals surface area contributed by atoms with E-state index in [0.29, 0.717) is 37.4 Å². The molecule has 1 fully saturated rings. The van der Waals surface area contributed by atoms with Gasteiger partial charge in [-0.25, -0.2) is 10.4 Å². The van der Waals surface area contributed by atoms with Crippen molar-refractivity contribution in [1.29, 1.82) is 0 Å². The Hall–Kier alpha value is -7.73. The molecule has 3 heterocycles. The van der Waals surface area contributed by atoms with Crippen molar-refractivity contribution in [1.82, 2.24) is 25.9 Å². The summed E-state index contributed by atoms with van der Waals surface area (Å²) >= 11 is 2.89. The van der Waals surface area contributed by atoms with Crippen molar-refractivity contribution in [2.45, 2.75) is 65.3 Å². The van der Waals surface area contributed by atoms with E-state index >= 15 is 0 Å². The fourth-order valence-electron chi connectivity index (χ4n) is 8.32. The molecule has 7 aromatic rings. The van der Waals surface area contributed by atoms with Gasteiger partial charge in [0.25, 0.3) is 11.8 Å². The Morgan fingerprint density at radius 2 is 1.54 bits per heavy atom. The van der Waals surface area contributed by atoms with Crippen molar-refractivity contribution in [3.05, 3.63) is 154 Å². The van der Waals surface area contributed by atoms with Gasteiger partial charge < -0.3 is 35.6 Å². The van der Waals surface area contributed by atoms with E-state index in [-0.39, 0.29) is 47.4 Å². The fraction of sp³-hybridized carbons (Fsp3) is 0.241. The highest BCUT2D eigenvalue weighted by Crippen LogP contribution is 2.42. The van der Waals surface area contributed by atoms with E-state index in [4.69, 9.17) is 4.74 Å². The number of ketones is 1. The van der Waals surface area contributed by atoms with E-state index in [0.717, 1.165) is 21.7 Å². The van der Waals surface area contributed by atoms with Gasteiger partial charge in [-0.2, -0.15) is 5.10 Å². The number of phenolic OH excluding ortho intramolecular Hbond substituents is 2. The lowest BCUT2D eigenvalue weighted by atomic mass is 9.85. The minimum Gasteiger partial charge on any atom is -0.508 e. The van der Waals surface area contributed by atoms with Gasteiger partial charge in [-0.3, -0.25) is 24.0 Å². The highest BCUT2D eigenvalue weighted by Gasteiger charge is 2.45. The third-order valence-electron chi connectivity index (χ3n) is 12.1. The average Bonchev–Trinajstić information content (AvgIpc) is 4.08. The average molecular weight is 993 g/mol. The first-order valence-corrected chi connectivity index (χ1v) is 24.5. The topological polar surface area (TPSA) is 220 Å². The number of aromatic nitrogens is 1. The number of nitrogens with zero attached hydrogens (tertiary/aromatic N) is 3. The normalized spacial score (nSPS) is 15.6. The number of hydrogen-bond donors (Lipinski definition) is 6. The van der Waals surface area contributed by atoms with Crippen LogP contribution in [-0.4, -0.2) is 92.2 Å². The summed E-state index contributed by atoms with van der Waals surface area (Å²) in [6.07, 6.45) is 0.556. The number of aryl methyl sites for hydroxylation is 1. The van der Waals surface area contributed by atoms with Gasteiger partial charge in [-0.1, -0.05) is 57.2 Å². The van der Waals surface area contributed by atoms with Gasteiger partial charge in [0.05, 0.1) is 34.4 Å². The molecular weight excluding hydrogens is 941 g/mol. The van der Waals surface area contributed by atoms with Gasteiger partial charge in [-0.05, 0) is 120 Å². The lowest BCUT2D eigenvalue weighted by Gasteiger charge is -2.35. The van der Waals surface area contributed by atoms with Gasteiger partial charge >= 0.3 is 0 Å². The number of carbonyl (C=O) groups excluding carboxylic acids is 5. The fourth-order valence-corrected chi connectivity index (χ4v) is 10.4. The number of aromatic hydroxyl groups is 2. The minimum absolute atomic E-state index is 0.0542. The SMILES string of the molecule is Cc1ncsc1-c1ccc([C@H](C)NC(=O)[C@@H]2C[C@@H](O)CN2C(=O)[C@@H](NC(=O)COc2ccc(/C=N/NC(=O)c3cccc(C(=O)c4c(-c5ccc(O)cc5)sc5cc(O)ccc45)c3)cc2)C(C)(C)C)cc1. The van der Waals surface area contributed by atoms with Crippen LogP contribution in [0.5, 0.6) is 17.2 Å². The molecule has 0 aliphatic carbocycles. The van der Waals surface area contributed by atoms with E-state index < -0.39 is 53.8 Å². The van der Waals surface area contributed by atoms with Crippen molar-refractivity contribution in [3.63, 3.8) is 0 Å². The Balaban J connectivity index is 0.845. The van der Waals surface area contributed by atoms with Gasteiger partial charge in [0, 0.05) is 44.6 Å². The smallest absolute Gasteiger partial charge is 0.271 e. The number of hydrazone groups is 1. The number of thiophene rings is 1. The Morgan fingerprint density at radius 3 is 2.23 bits per heavy atom. The summed E-state index contributed by atoms with van der Waals surface area (Å²) in [6, 6.07) is 29.6. The van der Waals surface area contributed by atoms with E-state index in [9.17, 15) is 39.3 Å². The van der Waals surface area contributed by atoms with Gasteiger partial charge in [-0.15, -0.1) is 22.7 Å².